The van der Waals surface area contributed by atoms with Gasteiger partial charge in [-0.3, -0.25) is 10.2 Å². The third-order valence-corrected chi connectivity index (χ3v) is 5.11. The molecule has 120 valence electrons. The fourth-order valence-electron chi connectivity index (χ4n) is 3.85. The Hall–Kier alpha value is -1.39. The predicted molar refractivity (Wildman–Crippen MR) is 88.0 cm³/mol. The third kappa shape index (κ3) is 3.50. The second kappa shape index (κ2) is 7.25. The zero-order valence-corrected chi connectivity index (χ0v) is 13.4. The van der Waals surface area contributed by atoms with Crippen LogP contribution in [0.4, 0.5) is 0 Å². The molecular weight excluding hydrogens is 274 g/mol. The Morgan fingerprint density at radius 1 is 1.14 bits per heavy atom. The second-order valence-electron chi connectivity index (χ2n) is 6.60. The molecular formula is C18H27N3O. The summed E-state index contributed by atoms with van der Waals surface area (Å²) in [5.41, 5.74) is 8.82. The fourth-order valence-corrected chi connectivity index (χ4v) is 3.85. The Morgan fingerprint density at radius 3 is 2.64 bits per heavy atom. The highest BCUT2D eigenvalue weighted by atomic mass is 16.2. The van der Waals surface area contributed by atoms with Crippen molar-refractivity contribution in [1.29, 1.82) is 0 Å². The highest BCUT2D eigenvalue weighted by Crippen LogP contribution is 2.35. The van der Waals surface area contributed by atoms with Crippen LogP contribution in [0.25, 0.3) is 0 Å². The number of fused-ring (bicyclic) bond motifs is 1. The molecule has 4 nitrogen and oxygen atoms in total. The quantitative estimate of drug-likeness (QED) is 0.781. The summed E-state index contributed by atoms with van der Waals surface area (Å²) in [6, 6.07) is 9.23. The average Bonchev–Trinajstić information content (AvgIpc) is 2.57. The molecule has 3 atom stereocenters. The van der Waals surface area contributed by atoms with Gasteiger partial charge in [0.15, 0.2) is 0 Å². The number of rotatable bonds is 5. The Balaban J connectivity index is 1.63. The number of hydrogen-bond acceptors (Lipinski definition) is 3. The maximum Gasteiger partial charge on any atom is 0.237 e. The first-order valence-corrected chi connectivity index (χ1v) is 8.62. The molecule has 3 rings (SSSR count). The summed E-state index contributed by atoms with van der Waals surface area (Å²) in [4.78, 5) is 12.0. The SMILES string of the molecule is CCNCc1ccc(CC2NNC(=O)C3CCCCC23)cc1. The molecule has 1 saturated carbocycles. The van der Waals surface area contributed by atoms with Gasteiger partial charge in [0.1, 0.15) is 0 Å². The molecule has 4 heteroatoms. The summed E-state index contributed by atoms with van der Waals surface area (Å²) in [6.07, 6.45) is 5.67. The van der Waals surface area contributed by atoms with E-state index in [2.05, 4.69) is 47.4 Å². The molecule has 3 N–H and O–H groups in total. The van der Waals surface area contributed by atoms with E-state index in [0.29, 0.717) is 12.0 Å². The van der Waals surface area contributed by atoms with E-state index in [0.717, 1.165) is 25.9 Å². The maximum absolute atomic E-state index is 12.0. The van der Waals surface area contributed by atoms with Crippen molar-refractivity contribution in [2.45, 2.75) is 51.6 Å². The molecule has 1 heterocycles. The lowest BCUT2D eigenvalue weighted by Gasteiger charge is -2.41. The minimum Gasteiger partial charge on any atom is -0.313 e. The van der Waals surface area contributed by atoms with Crippen molar-refractivity contribution in [2.24, 2.45) is 11.8 Å². The zero-order chi connectivity index (χ0) is 15.4. The van der Waals surface area contributed by atoms with Gasteiger partial charge < -0.3 is 5.32 Å². The molecule has 1 aromatic carbocycles. The third-order valence-electron chi connectivity index (χ3n) is 5.11. The van der Waals surface area contributed by atoms with E-state index >= 15 is 0 Å². The number of carbonyl (C=O) groups excluding carboxylic acids is 1. The van der Waals surface area contributed by atoms with Crippen LogP contribution in [-0.2, 0) is 17.8 Å². The van der Waals surface area contributed by atoms with E-state index in [-0.39, 0.29) is 11.8 Å². The van der Waals surface area contributed by atoms with E-state index in [4.69, 9.17) is 0 Å². The van der Waals surface area contributed by atoms with Crippen LogP contribution in [0.3, 0.4) is 0 Å². The van der Waals surface area contributed by atoms with Gasteiger partial charge in [0.25, 0.3) is 0 Å². The summed E-state index contributed by atoms with van der Waals surface area (Å²) in [5.74, 6) is 0.902. The van der Waals surface area contributed by atoms with Gasteiger partial charge >= 0.3 is 0 Å². The minimum absolute atomic E-state index is 0.196. The first-order valence-electron chi connectivity index (χ1n) is 8.62. The van der Waals surface area contributed by atoms with Gasteiger partial charge in [0, 0.05) is 18.5 Å². The van der Waals surface area contributed by atoms with Gasteiger partial charge in [-0.2, -0.15) is 0 Å². The number of carbonyl (C=O) groups is 1. The van der Waals surface area contributed by atoms with Crippen molar-refractivity contribution in [1.82, 2.24) is 16.2 Å². The molecule has 1 aliphatic heterocycles. The molecule has 1 aliphatic carbocycles. The van der Waals surface area contributed by atoms with Gasteiger partial charge in [-0.25, -0.2) is 5.43 Å². The fraction of sp³-hybridized carbons (Fsp3) is 0.611. The molecule has 0 aromatic heterocycles. The van der Waals surface area contributed by atoms with E-state index in [9.17, 15) is 4.79 Å². The van der Waals surface area contributed by atoms with Crippen LogP contribution in [0.1, 0.15) is 43.7 Å². The molecule has 2 aliphatic rings. The van der Waals surface area contributed by atoms with Crippen molar-refractivity contribution in [3.63, 3.8) is 0 Å². The highest BCUT2D eigenvalue weighted by molar-refractivity contribution is 5.79. The Kier molecular flexibility index (Phi) is 5.11. The molecule has 22 heavy (non-hydrogen) atoms. The van der Waals surface area contributed by atoms with Gasteiger partial charge in [0.2, 0.25) is 5.91 Å². The number of benzene rings is 1. The van der Waals surface area contributed by atoms with Gasteiger partial charge in [-0.15, -0.1) is 0 Å². The number of hydrazine groups is 1. The number of amides is 1. The van der Waals surface area contributed by atoms with Crippen molar-refractivity contribution in [3.05, 3.63) is 35.4 Å². The monoisotopic (exact) mass is 301 g/mol. The topological polar surface area (TPSA) is 53.2 Å². The molecule has 1 amide bonds. The maximum atomic E-state index is 12.0. The van der Waals surface area contributed by atoms with Crippen molar-refractivity contribution < 1.29 is 4.79 Å². The zero-order valence-electron chi connectivity index (χ0n) is 13.4. The standard InChI is InChI=1S/C18H27N3O/c1-2-19-12-14-9-7-13(8-10-14)11-17-15-5-3-4-6-16(15)18(22)21-20-17/h7-10,15-17,19-20H,2-6,11-12H2,1H3,(H,21,22). The summed E-state index contributed by atoms with van der Waals surface area (Å²) >= 11 is 0. The van der Waals surface area contributed by atoms with Crippen LogP contribution in [0.5, 0.6) is 0 Å². The smallest absolute Gasteiger partial charge is 0.237 e. The Labute approximate surface area is 133 Å². The van der Waals surface area contributed by atoms with Gasteiger partial charge in [-0.1, -0.05) is 44.0 Å². The molecule has 3 unspecified atom stereocenters. The molecule has 2 fully saturated rings. The van der Waals surface area contributed by atoms with Crippen LogP contribution >= 0.6 is 0 Å². The minimum atomic E-state index is 0.196. The molecule has 0 bridgehead atoms. The summed E-state index contributed by atoms with van der Waals surface area (Å²) in [5, 5.41) is 3.35. The van der Waals surface area contributed by atoms with Crippen LogP contribution in [0.2, 0.25) is 0 Å². The van der Waals surface area contributed by atoms with Gasteiger partial charge in [-0.05, 0) is 42.9 Å². The second-order valence-corrected chi connectivity index (χ2v) is 6.60. The Bertz CT molecular complexity index is 500. The normalized spacial score (nSPS) is 28.0. The summed E-state index contributed by atoms with van der Waals surface area (Å²) < 4.78 is 0. The van der Waals surface area contributed by atoms with E-state index in [1.165, 1.54) is 30.4 Å². The van der Waals surface area contributed by atoms with E-state index in [1.807, 2.05) is 0 Å². The lowest BCUT2D eigenvalue weighted by Crippen LogP contribution is -2.60. The first-order chi connectivity index (χ1) is 10.8. The van der Waals surface area contributed by atoms with Crippen LogP contribution < -0.4 is 16.2 Å². The average molecular weight is 301 g/mol. The number of nitrogens with one attached hydrogen (secondary N) is 3. The molecule has 1 aromatic rings. The molecule has 0 radical (unpaired) electrons. The first kappa shape index (κ1) is 15.5. The lowest BCUT2D eigenvalue weighted by molar-refractivity contribution is -0.133. The van der Waals surface area contributed by atoms with Crippen LogP contribution in [0.15, 0.2) is 24.3 Å². The van der Waals surface area contributed by atoms with Crippen LogP contribution in [0, 0.1) is 11.8 Å². The lowest BCUT2D eigenvalue weighted by atomic mass is 9.72. The van der Waals surface area contributed by atoms with E-state index in [1.54, 1.807) is 0 Å². The van der Waals surface area contributed by atoms with Gasteiger partial charge in [0.05, 0.1) is 0 Å². The van der Waals surface area contributed by atoms with Crippen molar-refractivity contribution >= 4 is 5.91 Å². The van der Waals surface area contributed by atoms with Crippen molar-refractivity contribution in [3.8, 4) is 0 Å². The van der Waals surface area contributed by atoms with Crippen molar-refractivity contribution in [2.75, 3.05) is 6.54 Å². The Morgan fingerprint density at radius 2 is 1.86 bits per heavy atom. The molecule has 1 saturated heterocycles. The summed E-state index contributed by atoms with van der Waals surface area (Å²) in [7, 11) is 0. The largest absolute Gasteiger partial charge is 0.313 e. The predicted octanol–water partition coefficient (Wildman–Crippen LogP) is 2.15. The highest BCUT2D eigenvalue weighted by Gasteiger charge is 2.39. The van der Waals surface area contributed by atoms with Crippen LogP contribution in [-0.4, -0.2) is 18.5 Å². The van der Waals surface area contributed by atoms with E-state index < -0.39 is 0 Å². The molecule has 0 spiro atoms. The summed E-state index contributed by atoms with van der Waals surface area (Å²) in [6.45, 7) is 4.05. The number of hydrogen-bond donors (Lipinski definition) is 3.